The number of nitrogens with zero attached hydrogens (tertiary/aromatic N) is 1. The average Bonchev–Trinajstić information content (AvgIpc) is 2.89. The van der Waals surface area contributed by atoms with E-state index in [9.17, 15) is 9.59 Å². The molecule has 3 rings (SSSR count). The van der Waals surface area contributed by atoms with Crippen LogP contribution < -0.4 is 4.74 Å². The Morgan fingerprint density at radius 2 is 1.85 bits per heavy atom. The van der Waals surface area contributed by atoms with Crippen molar-refractivity contribution >= 4 is 57.9 Å². The zero-order chi connectivity index (χ0) is 19.4. The topological polar surface area (TPSA) is 66.8 Å². The van der Waals surface area contributed by atoms with E-state index in [1.807, 2.05) is 36.4 Å². The van der Waals surface area contributed by atoms with Crippen LogP contribution in [-0.2, 0) is 16.2 Å². The van der Waals surface area contributed by atoms with E-state index in [-0.39, 0.29) is 4.32 Å². The van der Waals surface area contributed by atoms with Crippen LogP contribution in [0.4, 0.5) is 0 Å². The molecule has 1 amide bonds. The Hall–Kier alpha value is -2.35. The van der Waals surface area contributed by atoms with Gasteiger partial charge in [-0.05, 0) is 41.5 Å². The lowest BCUT2D eigenvalue weighted by Crippen LogP contribution is -2.33. The van der Waals surface area contributed by atoms with Gasteiger partial charge in [0.05, 0.1) is 4.91 Å². The van der Waals surface area contributed by atoms with E-state index in [1.54, 1.807) is 18.2 Å². The molecule has 0 saturated carbocycles. The Balaban J connectivity index is 1.64. The summed E-state index contributed by atoms with van der Waals surface area (Å²) >= 11 is 12.0. The summed E-state index contributed by atoms with van der Waals surface area (Å²) in [6.45, 7) is -0.0101. The Labute approximate surface area is 170 Å². The first-order chi connectivity index (χ1) is 12.9. The highest BCUT2D eigenvalue weighted by atomic mass is 35.5. The molecule has 2 aromatic carbocycles. The zero-order valence-corrected chi connectivity index (χ0v) is 16.3. The molecule has 138 valence electrons. The molecule has 1 aliphatic rings. The lowest BCUT2D eigenvalue weighted by molar-refractivity contribution is -0.140. The molecule has 1 saturated heterocycles. The molecule has 27 heavy (non-hydrogen) atoms. The van der Waals surface area contributed by atoms with E-state index < -0.39 is 18.4 Å². The average molecular weight is 420 g/mol. The van der Waals surface area contributed by atoms with Crippen molar-refractivity contribution in [3.8, 4) is 5.75 Å². The lowest BCUT2D eigenvalue weighted by Gasteiger charge is -2.10. The number of rotatable bonds is 6. The van der Waals surface area contributed by atoms with Crippen molar-refractivity contribution in [1.29, 1.82) is 0 Å². The third-order valence-corrected chi connectivity index (χ3v) is 5.29. The minimum Gasteiger partial charge on any atom is -0.489 e. The highest BCUT2D eigenvalue weighted by Gasteiger charge is 2.33. The van der Waals surface area contributed by atoms with Gasteiger partial charge in [0.1, 0.15) is 23.2 Å². The number of hydrogen-bond acceptors (Lipinski definition) is 5. The summed E-state index contributed by atoms with van der Waals surface area (Å²) in [6.07, 6.45) is 1.68. The number of aliphatic carboxylic acids is 1. The number of carbonyl (C=O) groups excluding carboxylic acids is 1. The number of carbonyl (C=O) groups is 2. The van der Waals surface area contributed by atoms with Gasteiger partial charge in [0.15, 0.2) is 0 Å². The number of hydrogen-bond donors (Lipinski definition) is 1. The van der Waals surface area contributed by atoms with E-state index >= 15 is 0 Å². The Morgan fingerprint density at radius 1 is 1.19 bits per heavy atom. The molecule has 0 spiro atoms. The summed E-state index contributed by atoms with van der Waals surface area (Å²) in [4.78, 5) is 24.6. The van der Waals surface area contributed by atoms with Gasteiger partial charge in [0, 0.05) is 5.02 Å². The molecule has 5 nitrogen and oxygen atoms in total. The molecule has 0 aliphatic carbocycles. The number of carboxylic acid groups (broad SMARTS) is 1. The van der Waals surface area contributed by atoms with Crippen molar-refractivity contribution < 1.29 is 19.4 Å². The molecule has 1 heterocycles. The van der Waals surface area contributed by atoms with E-state index in [1.165, 1.54) is 0 Å². The number of thioether (sulfide) groups is 1. The van der Waals surface area contributed by atoms with E-state index in [0.717, 1.165) is 27.8 Å². The first kappa shape index (κ1) is 19.4. The molecule has 2 aromatic rings. The first-order valence-corrected chi connectivity index (χ1v) is 9.47. The van der Waals surface area contributed by atoms with Crippen LogP contribution in [-0.4, -0.2) is 32.7 Å². The van der Waals surface area contributed by atoms with Crippen molar-refractivity contribution in [2.45, 2.75) is 6.61 Å². The molecule has 8 heteroatoms. The third-order valence-electron chi connectivity index (χ3n) is 3.66. The highest BCUT2D eigenvalue weighted by Crippen LogP contribution is 2.32. The zero-order valence-electron chi connectivity index (χ0n) is 13.9. The molecule has 0 radical (unpaired) electrons. The van der Waals surface area contributed by atoms with E-state index in [2.05, 4.69) is 0 Å². The van der Waals surface area contributed by atoms with Crippen LogP contribution in [0.2, 0.25) is 5.02 Å². The Morgan fingerprint density at radius 3 is 2.48 bits per heavy atom. The van der Waals surface area contributed by atoms with Gasteiger partial charge in [-0.2, -0.15) is 0 Å². The van der Waals surface area contributed by atoms with Gasteiger partial charge >= 0.3 is 5.97 Å². The molecule has 0 aromatic heterocycles. The third kappa shape index (κ3) is 5.09. The van der Waals surface area contributed by atoms with Crippen LogP contribution in [0.5, 0.6) is 5.75 Å². The maximum atomic E-state index is 12.3. The number of thiocarbonyl (C=S) groups is 1. The molecule has 1 aliphatic heterocycles. The quantitative estimate of drug-likeness (QED) is 0.559. The summed E-state index contributed by atoms with van der Waals surface area (Å²) in [5, 5.41) is 9.54. The summed E-state index contributed by atoms with van der Waals surface area (Å²) in [7, 11) is 0. The van der Waals surface area contributed by atoms with Gasteiger partial charge in [0.25, 0.3) is 5.91 Å². The number of carboxylic acids is 1. The molecule has 0 atom stereocenters. The van der Waals surface area contributed by atoms with Crippen molar-refractivity contribution in [1.82, 2.24) is 4.90 Å². The number of amides is 1. The molecule has 0 bridgehead atoms. The fourth-order valence-electron chi connectivity index (χ4n) is 2.33. The number of benzene rings is 2. The van der Waals surface area contributed by atoms with Crippen LogP contribution in [0.3, 0.4) is 0 Å². The van der Waals surface area contributed by atoms with Crippen LogP contribution in [0.15, 0.2) is 53.4 Å². The first-order valence-electron chi connectivity index (χ1n) is 7.87. The highest BCUT2D eigenvalue weighted by molar-refractivity contribution is 8.26. The fraction of sp³-hybridized carbons (Fsp3) is 0.105. The normalized spacial score (nSPS) is 15.4. The van der Waals surface area contributed by atoms with Crippen LogP contribution in [0.1, 0.15) is 11.1 Å². The summed E-state index contributed by atoms with van der Waals surface area (Å²) in [5.41, 5.74) is 1.80. The van der Waals surface area contributed by atoms with Gasteiger partial charge in [-0.15, -0.1) is 0 Å². The Kier molecular flexibility index (Phi) is 6.15. The monoisotopic (exact) mass is 419 g/mol. The number of ether oxygens (including phenoxy) is 1. The number of halogens is 1. The summed E-state index contributed by atoms with van der Waals surface area (Å²) < 4.78 is 5.97. The molecular formula is C19H14ClNO4S2. The van der Waals surface area contributed by atoms with E-state index in [0.29, 0.717) is 22.3 Å². The van der Waals surface area contributed by atoms with Crippen LogP contribution in [0, 0.1) is 0 Å². The van der Waals surface area contributed by atoms with Crippen molar-refractivity contribution in [3.05, 3.63) is 69.6 Å². The van der Waals surface area contributed by atoms with Crippen molar-refractivity contribution in [2.75, 3.05) is 6.54 Å². The van der Waals surface area contributed by atoms with Gasteiger partial charge < -0.3 is 9.84 Å². The fourth-order valence-corrected chi connectivity index (χ4v) is 3.71. The second kappa shape index (κ2) is 8.56. The predicted octanol–water partition coefficient (Wildman–Crippen LogP) is 4.20. The van der Waals surface area contributed by atoms with Gasteiger partial charge in [-0.1, -0.05) is 59.8 Å². The molecule has 1 fully saturated rings. The molecule has 0 unspecified atom stereocenters. The van der Waals surface area contributed by atoms with E-state index in [4.69, 9.17) is 33.7 Å². The molecular weight excluding hydrogens is 406 g/mol. The predicted molar refractivity (Wildman–Crippen MR) is 110 cm³/mol. The minimum atomic E-state index is -1.10. The second-order valence-electron chi connectivity index (χ2n) is 5.65. The molecule has 1 N–H and O–H groups in total. The lowest BCUT2D eigenvalue weighted by atomic mass is 10.2. The van der Waals surface area contributed by atoms with Gasteiger partial charge in [0.2, 0.25) is 0 Å². The largest absolute Gasteiger partial charge is 0.489 e. The van der Waals surface area contributed by atoms with Gasteiger partial charge in [-0.25, -0.2) is 0 Å². The van der Waals surface area contributed by atoms with Crippen LogP contribution >= 0.6 is 35.6 Å². The maximum absolute atomic E-state index is 12.3. The van der Waals surface area contributed by atoms with Crippen LogP contribution in [0.25, 0.3) is 6.08 Å². The summed E-state index contributed by atoms with van der Waals surface area (Å²) in [5.74, 6) is -0.800. The SMILES string of the molecule is O=C(O)CN1C(=O)/C(=C\c2ccc(OCc3ccc(Cl)cc3)cc2)SC1=S. The smallest absolute Gasteiger partial charge is 0.323 e. The second-order valence-corrected chi connectivity index (χ2v) is 7.76. The summed E-state index contributed by atoms with van der Waals surface area (Å²) in [6, 6.07) is 14.7. The standard InChI is InChI=1S/C19H14ClNO4S2/c20-14-5-1-13(2-6-14)11-25-15-7-3-12(4-8-15)9-16-18(24)21(10-17(22)23)19(26)27-16/h1-9H,10-11H2,(H,22,23)/b16-9+. The minimum absolute atomic E-state index is 0.247. The maximum Gasteiger partial charge on any atom is 0.323 e. The van der Waals surface area contributed by atoms with Crippen molar-refractivity contribution in [2.24, 2.45) is 0 Å². The Bertz CT molecular complexity index is 910. The van der Waals surface area contributed by atoms with Gasteiger partial charge in [-0.3, -0.25) is 14.5 Å². The van der Waals surface area contributed by atoms with Crippen molar-refractivity contribution in [3.63, 3.8) is 0 Å².